The molecule has 40 nitrogen and oxygen atoms in total. The van der Waals surface area contributed by atoms with E-state index in [9.17, 15) is 31.9 Å². The number of likely N-dealkylation sites (N-methyl/N-ethyl adjacent to an activating group) is 1. The number of nitrogens with one attached hydrogen (secondary N) is 1. The average molecular weight is 2130 g/mol. The molecule has 0 aliphatic heterocycles. The number of phenols is 1. The van der Waals surface area contributed by atoms with Crippen LogP contribution in [-0.4, -0.2) is 207 Å². The SMILES string of the molecule is Brc1ccc(Oc2ccccn2)cc1.CC(=O)O.CC(=O)O.CN(C(=O)OC(C)(C)C)c1cccc(-n2c(=O)n(-c3ncc(Oc4ccccn4)cn3)c3c(N)ncnc32)c1.CN(C/C=C/C(O)O)C1CC1.CNc1cccc(-n2c(=O)n(-c3ncc(Oc4ccccn4)cn3)c3c(N)ncnc32)c1.Fc1ccccn1.O=CC(F)(F)F.OB(O)c1ccc(Oc2ccccn2)cc1.Oc1ccc(Br)cc1.[Cu]. The Balaban J connectivity index is 0.000000235. The van der Waals surface area contributed by atoms with Crippen LogP contribution >= 0.6 is 31.9 Å². The normalized spacial score (nSPS) is 10.9. The van der Waals surface area contributed by atoms with Gasteiger partial charge in [0.2, 0.25) is 47.7 Å². The monoisotopic (exact) mass is 2130 g/mol. The molecule has 0 bridgehead atoms. The number of nitrogen functional groups attached to an aromatic ring is 2. The number of phenolic OH excluding ortho intramolecular Hbond substituents is 1. The number of aliphatic carboxylic acids is 2. The molecule has 1 fully saturated rings. The number of benzene rings is 5. The van der Waals surface area contributed by atoms with E-state index in [0.717, 1.165) is 46.8 Å². The van der Waals surface area contributed by atoms with Crippen molar-refractivity contribution < 1.29 is 113 Å². The molecule has 0 unspecified atom stereocenters. The molecule has 1 radical (unpaired) electrons. The van der Waals surface area contributed by atoms with Crippen molar-refractivity contribution in [1.29, 1.82) is 0 Å². The first-order valence-corrected chi connectivity index (χ1v) is 43.1. The molecular weight excluding hydrogens is 2040 g/mol. The topological polar surface area (TPSA) is 548 Å². The Morgan fingerprint density at radius 1 is 0.535 bits per heavy atom. The summed E-state index contributed by atoms with van der Waals surface area (Å²) in [7, 11) is 3.98. The summed E-state index contributed by atoms with van der Waals surface area (Å²) in [6.07, 6.45) is 14.5. The number of hydrogen-bond acceptors (Lipinski definition) is 33. The summed E-state index contributed by atoms with van der Waals surface area (Å²) in [4.78, 5) is 124. The molecule has 0 atom stereocenters. The number of aldehydes is 1. The molecule has 48 heteroatoms. The van der Waals surface area contributed by atoms with Gasteiger partial charge in [0.25, 0.3) is 11.9 Å². The van der Waals surface area contributed by atoms with E-state index in [0.29, 0.717) is 80.2 Å². The van der Waals surface area contributed by atoms with Crippen molar-refractivity contribution in [1.82, 2.24) is 88.0 Å². The number of amides is 1. The third-order valence-electron chi connectivity index (χ3n) is 17.4. The summed E-state index contributed by atoms with van der Waals surface area (Å²) < 4.78 is 78.0. The number of hydrogen-bond donors (Lipinski definition) is 10. The van der Waals surface area contributed by atoms with Gasteiger partial charge in [0, 0.05) is 133 Å². The second kappa shape index (κ2) is 56.6. The molecule has 1 amide bonds. The van der Waals surface area contributed by atoms with Crippen molar-refractivity contribution in [2.45, 2.75) is 71.6 Å². The zero-order valence-corrected chi connectivity index (χ0v) is 80.6. The van der Waals surface area contributed by atoms with E-state index in [1.807, 2.05) is 73.8 Å². The number of ether oxygens (including phenoxy) is 5. The maximum atomic E-state index is 13.8. The molecule has 16 aromatic rings. The number of aromatic nitrogens is 17. The molecule has 17 rings (SSSR count). The fraction of sp³-hybridized carbons (Fsp3) is 0.160. The Morgan fingerprint density at radius 2 is 0.915 bits per heavy atom. The van der Waals surface area contributed by atoms with Gasteiger partial charge in [-0.25, -0.2) is 97.4 Å². The Kier molecular flexibility index (Phi) is 45.0. The predicted octanol–water partition coefficient (Wildman–Crippen LogP) is 14.1. The van der Waals surface area contributed by atoms with Crippen molar-refractivity contribution in [3.63, 3.8) is 0 Å². The molecule has 11 heterocycles. The Hall–Kier alpha value is -16.2. The molecule has 11 aromatic heterocycles. The maximum absolute atomic E-state index is 13.8. The molecular formula is C94H93BBr2CuF4N22O18. The Bertz CT molecular complexity index is 6740. The number of anilines is 4. The van der Waals surface area contributed by atoms with Crippen molar-refractivity contribution in [2.75, 3.05) is 49.4 Å². The fourth-order valence-corrected chi connectivity index (χ4v) is 11.6. The van der Waals surface area contributed by atoms with Gasteiger partial charge in [0.15, 0.2) is 40.7 Å². The van der Waals surface area contributed by atoms with Gasteiger partial charge in [-0.05, 0) is 186 Å². The summed E-state index contributed by atoms with van der Waals surface area (Å²) in [6.45, 7) is 8.33. The number of carboxylic acids is 2. The molecule has 1 saturated carbocycles. The van der Waals surface area contributed by atoms with E-state index >= 15 is 0 Å². The summed E-state index contributed by atoms with van der Waals surface area (Å²) in [5, 5.41) is 61.4. The van der Waals surface area contributed by atoms with Crippen LogP contribution in [0.5, 0.6) is 52.3 Å². The van der Waals surface area contributed by atoms with Crippen LogP contribution < -0.4 is 57.5 Å². The third-order valence-corrected chi connectivity index (χ3v) is 18.4. The number of nitrogens with two attached hydrogens (primary N) is 2. The van der Waals surface area contributed by atoms with Crippen LogP contribution in [-0.2, 0) is 36.2 Å². The Morgan fingerprint density at radius 3 is 1.25 bits per heavy atom. The van der Waals surface area contributed by atoms with Gasteiger partial charge >= 0.3 is 30.8 Å². The van der Waals surface area contributed by atoms with Crippen molar-refractivity contribution in [2.24, 2.45) is 0 Å². The molecule has 5 aromatic carbocycles. The first kappa shape index (κ1) is 113. The van der Waals surface area contributed by atoms with Gasteiger partial charge in [-0.3, -0.25) is 24.2 Å². The zero-order chi connectivity index (χ0) is 103. The standard InChI is InChI=1S/C26H25N9O4.C21H17N9O2.C11H10BNO3.C11H8BrNO.C8H15NO2.C6H5BrO.C5H4FN.C2HF3O.2C2H4O2.Cu/c1-26(2,3)39-25(37)33(4)16-8-7-9-17(12-16)34-22-20(21(27)31-15-32-22)35(24(34)36)23-29-13-18(14-30-23)38-19-10-5-6-11-28-19;1-23-13-5-4-6-14(9-13)29-19-17(18(22)27-12-28-19)30(21(29)31)20-25-10-15(11-26-20)32-16-7-2-3-8-24-16;14-12(15)9-4-6-10(7-5-9)16-11-3-1-2-8-13-11;12-9-4-6-10(7-5-9)14-11-3-1-2-8-13-11;1-9(7-4-5-7)6-2-3-8(10)11;7-5-1-3-6(8)4-2-5;6-5-3-1-2-4-7-5;3-2(4,5)1-6;2*1-2(3)4;/h5-15H,1-4H3,(H2,27,31,32);2-12,23H,1H3,(H2,22,27,28);1-8,14-15H;1-8H;2-3,7-8,10-11H,4-6H2,1H3;1-4,8H;1-4H;1H;2*1H3,(H,3,4);/b;;;;3-2+;;;;;;. The van der Waals surface area contributed by atoms with Crippen LogP contribution in [0.2, 0.25) is 0 Å². The molecule has 142 heavy (non-hydrogen) atoms. The number of fused-ring (bicyclic) bond motifs is 2. The van der Waals surface area contributed by atoms with Gasteiger partial charge in [-0.15, -0.1) is 0 Å². The molecule has 0 saturated heterocycles. The van der Waals surface area contributed by atoms with Crippen LogP contribution in [0, 0.1) is 5.95 Å². The van der Waals surface area contributed by atoms with Gasteiger partial charge in [-0.2, -0.15) is 17.6 Å². The van der Waals surface area contributed by atoms with E-state index in [1.165, 1.54) is 91.8 Å². The van der Waals surface area contributed by atoms with Crippen LogP contribution in [0.4, 0.5) is 45.4 Å². The zero-order valence-electron chi connectivity index (χ0n) is 76.5. The molecule has 12 N–H and O–H groups in total. The largest absolute Gasteiger partial charge is 0.508 e. The fourth-order valence-electron chi connectivity index (χ4n) is 11.1. The van der Waals surface area contributed by atoms with Crippen LogP contribution in [0.1, 0.15) is 47.5 Å². The van der Waals surface area contributed by atoms with Crippen LogP contribution in [0.25, 0.3) is 45.6 Å². The van der Waals surface area contributed by atoms with E-state index in [4.69, 9.17) is 85.1 Å². The van der Waals surface area contributed by atoms with E-state index in [-0.39, 0.29) is 51.8 Å². The smallest absolute Gasteiger partial charge is 0.488 e. The van der Waals surface area contributed by atoms with Gasteiger partial charge < -0.3 is 76.0 Å². The van der Waals surface area contributed by atoms with Crippen LogP contribution in [0.3, 0.4) is 0 Å². The van der Waals surface area contributed by atoms with Gasteiger partial charge in [-0.1, -0.05) is 92.5 Å². The average Bonchev–Trinajstić information content (AvgIpc) is 1.59. The summed E-state index contributed by atoms with van der Waals surface area (Å²) >= 11 is 6.59. The van der Waals surface area contributed by atoms with Crippen molar-refractivity contribution in [3.8, 4) is 75.5 Å². The third kappa shape index (κ3) is 38.3. The summed E-state index contributed by atoms with van der Waals surface area (Å²) in [6, 6.07) is 61.9. The number of alkyl halides is 3. The number of pyridine rings is 5. The number of halogens is 6. The quantitative estimate of drug-likeness (QED) is 0.00897. The number of rotatable bonds is 19. The van der Waals surface area contributed by atoms with Gasteiger partial charge in [0.05, 0.1) is 36.2 Å². The molecule has 1 aliphatic carbocycles. The molecule has 1 aliphatic rings. The minimum atomic E-state index is -4.64. The summed E-state index contributed by atoms with van der Waals surface area (Å²) in [5.41, 5.74) is 14.6. The number of aliphatic hydroxyl groups excluding tert-OH is 1. The maximum Gasteiger partial charge on any atom is 0.488 e. The van der Waals surface area contributed by atoms with Gasteiger partial charge in [0.1, 0.15) is 46.5 Å². The number of imidazole rings is 2. The predicted molar refractivity (Wildman–Crippen MR) is 523 cm³/mol. The first-order valence-electron chi connectivity index (χ1n) is 41.5. The van der Waals surface area contributed by atoms with E-state index in [2.05, 4.69) is 107 Å². The Labute approximate surface area is 835 Å². The minimum Gasteiger partial charge on any atom is -0.508 e. The second-order valence-electron chi connectivity index (χ2n) is 29.4. The summed E-state index contributed by atoms with van der Waals surface area (Å²) in [5.74, 6) is 2.52. The first-order chi connectivity index (χ1) is 67.3. The number of carbonyl (C=O) groups excluding carboxylic acids is 2. The van der Waals surface area contributed by atoms with E-state index < -0.39 is 66.8 Å². The van der Waals surface area contributed by atoms with E-state index in [1.54, 1.807) is 205 Å². The molecule has 743 valence electrons. The number of carboxylic acid groups (broad SMARTS) is 2. The number of nitrogens with zero attached hydrogens (tertiary/aromatic N) is 19. The number of aromatic hydroxyl groups is 1. The number of carbonyl (C=O) groups is 4. The van der Waals surface area contributed by atoms with Crippen LogP contribution in [0.15, 0.2) is 311 Å². The van der Waals surface area contributed by atoms with Crippen molar-refractivity contribution in [3.05, 3.63) is 329 Å². The number of aliphatic hydroxyl groups is 2. The van der Waals surface area contributed by atoms with Crippen molar-refractivity contribution >= 4 is 114 Å². The molecule has 0 spiro atoms. The second-order valence-corrected chi connectivity index (χ2v) is 31.2. The minimum absolute atomic E-state index is 0.